The molecule has 0 aliphatic carbocycles. The molecule has 0 unspecified atom stereocenters. The van der Waals surface area contributed by atoms with Crippen molar-refractivity contribution in [3.8, 4) is 16.3 Å². The molecule has 0 radical (unpaired) electrons. The minimum atomic E-state index is -0.978. The van der Waals surface area contributed by atoms with Crippen molar-refractivity contribution >= 4 is 23.1 Å². The summed E-state index contributed by atoms with van der Waals surface area (Å²) in [7, 11) is 1.83. The van der Waals surface area contributed by atoms with Crippen LogP contribution in [-0.2, 0) is 0 Å². The highest BCUT2D eigenvalue weighted by atomic mass is 32.1. The highest BCUT2D eigenvalue weighted by Gasteiger charge is 2.20. The summed E-state index contributed by atoms with van der Waals surface area (Å²) in [4.78, 5) is 16.4. The van der Waals surface area contributed by atoms with Gasteiger partial charge in [-0.25, -0.2) is 18.2 Å². The Balaban J connectivity index is 1.80. The van der Waals surface area contributed by atoms with Crippen LogP contribution in [0.2, 0.25) is 0 Å². The van der Waals surface area contributed by atoms with Gasteiger partial charge < -0.3 is 15.4 Å². The van der Waals surface area contributed by atoms with Crippen molar-refractivity contribution in [1.29, 1.82) is 0 Å². The molecule has 0 saturated heterocycles. The molecule has 0 aliphatic rings. The first kappa shape index (κ1) is 20.7. The smallest absolute Gasteiger partial charge is 0.274 e. The van der Waals surface area contributed by atoms with E-state index in [0.29, 0.717) is 17.4 Å². The highest BCUT2D eigenvalue weighted by Crippen LogP contribution is 2.30. The number of halogens is 3. The molecule has 0 spiro atoms. The van der Waals surface area contributed by atoms with Gasteiger partial charge in [0.15, 0.2) is 0 Å². The molecule has 1 amide bonds. The first-order valence-corrected chi connectivity index (χ1v) is 9.43. The Morgan fingerprint density at radius 3 is 2.62 bits per heavy atom. The van der Waals surface area contributed by atoms with Gasteiger partial charge in [0, 0.05) is 11.5 Å². The Morgan fingerprint density at radius 1 is 1.14 bits per heavy atom. The molecule has 3 rings (SSSR count). The fourth-order valence-corrected chi connectivity index (χ4v) is 3.08. The molecule has 6 nitrogen and oxygen atoms in total. The van der Waals surface area contributed by atoms with E-state index in [1.54, 1.807) is 0 Å². The van der Waals surface area contributed by atoms with Crippen LogP contribution in [0.25, 0.3) is 11.3 Å². The van der Waals surface area contributed by atoms with Crippen LogP contribution >= 0.6 is 11.5 Å². The van der Waals surface area contributed by atoms with Crippen LogP contribution < -0.4 is 15.4 Å². The van der Waals surface area contributed by atoms with E-state index in [1.165, 1.54) is 6.20 Å². The van der Waals surface area contributed by atoms with Gasteiger partial charge >= 0.3 is 0 Å². The van der Waals surface area contributed by atoms with E-state index in [4.69, 9.17) is 4.74 Å². The third-order valence-electron chi connectivity index (χ3n) is 3.87. The number of benzene rings is 1. The maximum Gasteiger partial charge on any atom is 0.274 e. The quantitative estimate of drug-likeness (QED) is 0.539. The van der Waals surface area contributed by atoms with Gasteiger partial charge in [-0.05, 0) is 44.3 Å². The second-order valence-corrected chi connectivity index (χ2v) is 6.67. The first-order chi connectivity index (χ1) is 14.0. The molecular weight excluding hydrogens is 405 g/mol. The predicted octanol–water partition coefficient (Wildman–Crippen LogP) is 3.86. The normalized spacial score (nSPS) is 10.8. The van der Waals surface area contributed by atoms with E-state index in [9.17, 15) is 18.0 Å². The van der Waals surface area contributed by atoms with E-state index in [0.717, 1.165) is 54.8 Å². The second kappa shape index (κ2) is 9.48. The lowest BCUT2D eigenvalue weighted by atomic mass is 10.1. The largest absolute Gasteiger partial charge is 0.481 e. The number of nitrogens with zero attached hydrogens (tertiary/aromatic N) is 2. The predicted molar refractivity (Wildman–Crippen MR) is 104 cm³/mol. The number of anilines is 1. The molecule has 152 valence electrons. The summed E-state index contributed by atoms with van der Waals surface area (Å²) in [5.74, 6) is -3.60. The summed E-state index contributed by atoms with van der Waals surface area (Å²) in [6, 6.07) is 5.19. The molecule has 1 aromatic carbocycles. The minimum absolute atomic E-state index is 0.212. The van der Waals surface area contributed by atoms with E-state index >= 15 is 0 Å². The SMILES string of the molecule is CNCCCOc1sncc1NC(=O)c1ccc(F)c(-c2c(F)cccc2F)n1. The number of hydrogen-bond acceptors (Lipinski definition) is 6. The lowest BCUT2D eigenvalue weighted by molar-refractivity contribution is 0.102. The monoisotopic (exact) mass is 422 g/mol. The van der Waals surface area contributed by atoms with Crippen molar-refractivity contribution in [2.45, 2.75) is 6.42 Å². The van der Waals surface area contributed by atoms with Gasteiger partial charge in [0.25, 0.3) is 5.91 Å². The third-order valence-corrected chi connectivity index (χ3v) is 4.58. The van der Waals surface area contributed by atoms with Gasteiger partial charge in [0.05, 0.1) is 18.4 Å². The minimum Gasteiger partial charge on any atom is -0.481 e. The van der Waals surface area contributed by atoms with E-state index < -0.39 is 34.6 Å². The molecule has 29 heavy (non-hydrogen) atoms. The van der Waals surface area contributed by atoms with Crippen molar-refractivity contribution < 1.29 is 22.7 Å². The van der Waals surface area contributed by atoms with Crippen LogP contribution in [0.4, 0.5) is 18.9 Å². The molecule has 0 bridgehead atoms. The summed E-state index contributed by atoms with van der Waals surface area (Å²) in [6.07, 6.45) is 2.18. The summed E-state index contributed by atoms with van der Waals surface area (Å²) < 4.78 is 51.7. The number of aromatic nitrogens is 2. The zero-order chi connectivity index (χ0) is 20.8. The van der Waals surface area contributed by atoms with Gasteiger partial charge in [-0.15, -0.1) is 0 Å². The maximum absolute atomic E-state index is 14.2. The summed E-state index contributed by atoms with van der Waals surface area (Å²) >= 11 is 1.06. The van der Waals surface area contributed by atoms with Gasteiger partial charge in [-0.2, -0.15) is 4.37 Å². The Labute approximate surface area is 168 Å². The molecule has 0 atom stereocenters. The summed E-state index contributed by atoms with van der Waals surface area (Å²) in [5.41, 5.74) is -1.10. The van der Waals surface area contributed by atoms with Crippen LogP contribution in [0.5, 0.6) is 5.06 Å². The number of ether oxygens (including phenoxy) is 1. The van der Waals surface area contributed by atoms with Crippen molar-refractivity contribution in [3.63, 3.8) is 0 Å². The average molecular weight is 422 g/mol. The number of hydrogen-bond donors (Lipinski definition) is 2. The zero-order valence-electron chi connectivity index (χ0n) is 15.3. The topological polar surface area (TPSA) is 76.1 Å². The van der Waals surface area contributed by atoms with Crippen LogP contribution in [0, 0.1) is 17.5 Å². The Morgan fingerprint density at radius 2 is 1.90 bits per heavy atom. The van der Waals surface area contributed by atoms with Gasteiger partial charge in [0.2, 0.25) is 5.06 Å². The molecule has 2 N–H and O–H groups in total. The van der Waals surface area contributed by atoms with Crippen molar-refractivity contribution in [3.05, 3.63) is 59.7 Å². The van der Waals surface area contributed by atoms with Crippen LogP contribution in [0.3, 0.4) is 0 Å². The van der Waals surface area contributed by atoms with Crippen LogP contribution in [0.1, 0.15) is 16.9 Å². The number of nitrogens with one attached hydrogen (secondary N) is 2. The van der Waals surface area contributed by atoms with Crippen molar-refractivity contribution in [2.24, 2.45) is 0 Å². The molecule has 0 saturated carbocycles. The summed E-state index contributed by atoms with van der Waals surface area (Å²) in [6.45, 7) is 1.20. The first-order valence-electron chi connectivity index (χ1n) is 8.65. The fraction of sp³-hybridized carbons (Fsp3) is 0.211. The molecule has 10 heteroatoms. The second-order valence-electron chi connectivity index (χ2n) is 5.91. The Hall–Kier alpha value is -2.98. The van der Waals surface area contributed by atoms with Gasteiger partial charge in [0.1, 0.15) is 34.5 Å². The van der Waals surface area contributed by atoms with Crippen LogP contribution in [-0.4, -0.2) is 35.5 Å². The molecule has 3 aromatic rings. The molecule has 2 heterocycles. The molecule has 0 fully saturated rings. The number of pyridine rings is 1. The molecular formula is C19H17F3N4O2S. The maximum atomic E-state index is 14.2. The fourth-order valence-electron chi connectivity index (χ4n) is 2.48. The summed E-state index contributed by atoms with van der Waals surface area (Å²) in [5, 5.41) is 5.98. The lowest BCUT2D eigenvalue weighted by Crippen LogP contribution is -2.15. The number of rotatable bonds is 8. The van der Waals surface area contributed by atoms with Crippen molar-refractivity contribution in [2.75, 3.05) is 25.5 Å². The van der Waals surface area contributed by atoms with E-state index in [2.05, 4.69) is 20.0 Å². The van der Waals surface area contributed by atoms with E-state index in [-0.39, 0.29) is 5.69 Å². The Bertz CT molecular complexity index is 993. The van der Waals surface area contributed by atoms with Crippen molar-refractivity contribution in [1.82, 2.24) is 14.7 Å². The Kier molecular flexibility index (Phi) is 6.78. The lowest BCUT2D eigenvalue weighted by Gasteiger charge is -2.09. The third kappa shape index (κ3) is 4.90. The standard InChI is InChI=1S/C19H17F3N4O2S/c1-23-8-3-9-28-19-15(10-24-29-19)26-18(27)14-7-6-13(22)17(25-14)16-11(20)4-2-5-12(16)21/h2,4-7,10,23H,3,8-9H2,1H3,(H,26,27). The van der Waals surface area contributed by atoms with Crippen LogP contribution in [0.15, 0.2) is 36.5 Å². The number of carbonyl (C=O) groups excluding carboxylic acids is 1. The number of amides is 1. The number of carbonyl (C=O) groups is 1. The molecule has 2 aromatic heterocycles. The average Bonchev–Trinajstić information content (AvgIpc) is 3.13. The highest BCUT2D eigenvalue weighted by molar-refractivity contribution is 7.08. The van der Waals surface area contributed by atoms with Gasteiger partial charge in [-0.1, -0.05) is 6.07 Å². The zero-order valence-corrected chi connectivity index (χ0v) is 16.2. The van der Waals surface area contributed by atoms with E-state index in [1.807, 2.05) is 7.05 Å². The van der Waals surface area contributed by atoms with Gasteiger partial charge in [-0.3, -0.25) is 4.79 Å². The molecule has 0 aliphatic heterocycles.